The molecule has 0 saturated carbocycles. The van der Waals surface area contributed by atoms with Crippen molar-refractivity contribution in [1.82, 2.24) is 9.80 Å². The normalized spacial score (nSPS) is 16.9. The molecule has 204 valence electrons. The van der Waals surface area contributed by atoms with Crippen LogP contribution in [0.3, 0.4) is 0 Å². The van der Waals surface area contributed by atoms with Gasteiger partial charge in [-0.3, -0.25) is 9.59 Å². The first kappa shape index (κ1) is 26.9. The fraction of sp³-hybridized carbons (Fsp3) is 0.375. The van der Waals surface area contributed by atoms with Crippen LogP contribution >= 0.6 is 0 Å². The summed E-state index contributed by atoms with van der Waals surface area (Å²) in [4.78, 5) is 29.7. The van der Waals surface area contributed by atoms with Crippen LogP contribution in [0, 0.1) is 19.7 Å². The summed E-state index contributed by atoms with van der Waals surface area (Å²) in [7, 11) is 0. The number of phenolic OH excluding ortho intramolecular Hbond substituents is 1. The Balaban J connectivity index is 1.09. The lowest BCUT2D eigenvalue weighted by Crippen LogP contribution is -2.45. The topological polar surface area (TPSA) is 70.1 Å². The average molecular weight is 531 g/mol. The van der Waals surface area contributed by atoms with Crippen molar-refractivity contribution in [2.24, 2.45) is 0 Å². The SMILES string of the molecule is Cc1cc(C(=O)N2CCC(OC3CCN(C(=O)c4ccc(-c5ccccc5)c(F)c4)CC3)CC2)cc(C)c1O. The van der Waals surface area contributed by atoms with Gasteiger partial charge >= 0.3 is 0 Å². The van der Waals surface area contributed by atoms with Crippen molar-refractivity contribution >= 4 is 11.8 Å². The Kier molecular flexibility index (Phi) is 7.98. The van der Waals surface area contributed by atoms with E-state index in [1.165, 1.54) is 6.07 Å². The number of carbonyl (C=O) groups is 2. The fourth-order valence-corrected chi connectivity index (χ4v) is 5.61. The molecule has 3 aromatic rings. The summed E-state index contributed by atoms with van der Waals surface area (Å²) in [6.45, 7) is 6.01. The van der Waals surface area contributed by atoms with Gasteiger partial charge in [0.05, 0.1) is 12.2 Å². The highest BCUT2D eigenvalue weighted by Crippen LogP contribution is 2.27. The maximum Gasteiger partial charge on any atom is 0.253 e. The number of nitrogens with zero attached hydrogens (tertiary/aromatic N) is 2. The lowest BCUT2D eigenvalue weighted by Gasteiger charge is -2.37. The van der Waals surface area contributed by atoms with E-state index in [2.05, 4.69) is 0 Å². The quantitative estimate of drug-likeness (QED) is 0.457. The minimum Gasteiger partial charge on any atom is -0.507 e. The minimum absolute atomic E-state index is 0.0142. The molecular formula is C32H35FN2O4. The zero-order valence-corrected chi connectivity index (χ0v) is 22.5. The van der Waals surface area contributed by atoms with E-state index >= 15 is 0 Å². The molecule has 0 spiro atoms. The monoisotopic (exact) mass is 530 g/mol. The standard InChI is InChI=1S/C32H35FN2O4/c1-21-18-25(19-22(2)30(21)36)32(38)35-16-12-27(13-17-35)39-26-10-14-34(15-11-26)31(37)24-8-9-28(29(33)20-24)23-6-4-3-5-7-23/h3-9,18-20,26-27,36H,10-17H2,1-2H3. The second kappa shape index (κ2) is 11.6. The Labute approximate surface area is 229 Å². The van der Waals surface area contributed by atoms with Crippen molar-refractivity contribution in [3.05, 3.63) is 88.7 Å². The first-order valence-corrected chi connectivity index (χ1v) is 13.7. The van der Waals surface area contributed by atoms with E-state index in [1.807, 2.05) is 35.2 Å². The highest BCUT2D eigenvalue weighted by atomic mass is 19.1. The number of phenols is 1. The minimum atomic E-state index is -0.397. The van der Waals surface area contributed by atoms with Crippen LogP contribution < -0.4 is 0 Å². The molecule has 0 aromatic heterocycles. The van der Waals surface area contributed by atoms with E-state index in [-0.39, 0.29) is 29.8 Å². The number of amides is 2. The van der Waals surface area contributed by atoms with Gasteiger partial charge in [0.15, 0.2) is 0 Å². The summed E-state index contributed by atoms with van der Waals surface area (Å²) < 4.78 is 21.2. The van der Waals surface area contributed by atoms with Crippen LogP contribution in [0.4, 0.5) is 4.39 Å². The summed E-state index contributed by atoms with van der Waals surface area (Å²) in [5, 5.41) is 10.0. The molecular weight excluding hydrogens is 495 g/mol. The van der Waals surface area contributed by atoms with Crippen molar-refractivity contribution in [1.29, 1.82) is 0 Å². The number of piperidine rings is 2. The third-order valence-corrected chi connectivity index (χ3v) is 7.88. The van der Waals surface area contributed by atoms with Crippen molar-refractivity contribution in [3.63, 3.8) is 0 Å². The van der Waals surface area contributed by atoms with Crippen molar-refractivity contribution < 1.29 is 23.8 Å². The molecule has 2 aliphatic rings. The molecule has 39 heavy (non-hydrogen) atoms. The van der Waals surface area contributed by atoms with Gasteiger partial charge in [-0.2, -0.15) is 0 Å². The summed E-state index contributed by atoms with van der Waals surface area (Å²) in [6, 6.07) is 17.5. The smallest absolute Gasteiger partial charge is 0.253 e. The molecule has 1 N–H and O–H groups in total. The van der Waals surface area contributed by atoms with E-state index in [9.17, 15) is 19.1 Å². The number of benzene rings is 3. The predicted octanol–water partition coefficient (Wildman–Crippen LogP) is 5.74. The largest absolute Gasteiger partial charge is 0.507 e. The van der Waals surface area contributed by atoms with Crippen molar-refractivity contribution in [2.75, 3.05) is 26.2 Å². The first-order valence-electron chi connectivity index (χ1n) is 13.7. The number of hydrogen-bond donors (Lipinski definition) is 1. The van der Waals surface area contributed by atoms with Crippen LogP contribution in [0.1, 0.15) is 57.5 Å². The van der Waals surface area contributed by atoms with E-state index < -0.39 is 5.82 Å². The van der Waals surface area contributed by atoms with Gasteiger partial charge in [0, 0.05) is 42.9 Å². The van der Waals surface area contributed by atoms with Gasteiger partial charge in [-0.05, 0) is 80.5 Å². The van der Waals surface area contributed by atoms with E-state index in [0.29, 0.717) is 54.0 Å². The molecule has 2 amide bonds. The fourth-order valence-electron chi connectivity index (χ4n) is 5.61. The zero-order chi connectivity index (χ0) is 27.5. The summed E-state index contributed by atoms with van der Waals surface area (Å²) in [5.41, 5.74) is 3.65. The number of likely N-dealkylation sites (tertiary alicyclic amines) is 2. The summed E-state index contributed by atoms with van der Waals surface area (Å²) in [5.74, 6) is -0.330. The third kappa shape index (κ3) is 5.98. The number of aryl methyl sites for hydroxylation is 2. The number of rotatable bonds is 5. The highest BCUT2D eigenvalue weighted by molar-refractivity contribution is 5.95. The van der Waals surface area contributed by atoms with Crippen LogP contribution in [-0.2, 0) is 4.74 Å². The molecule has 0 unspecified atom stereocenters. The average Bonchev–Trinajstić information content (AvgIpc) is 2.96. The zero-order valence-electron chi connectivity index (χ0n) is 22.5. The van der Waals surface area contributed by atoms with Gasteiger partial charge in [-0.15, -0.1) is 0 Å². The number of halogens is 1. The number of ether oxygens (including phenoxy) is 1. The lowest BCUT2D eigenvalue weighted by molar-refractivity contribution is -0.0593. The maximum absolute atomic E-state index is 14.8. The second-order valence-corrected chi connectivity index (χ2v) is 10.6. The van der Waals surface area contributed by atoms with Crippen molar-refractivity contribution in [2.45, 2.75) is 51.7 Å². The van der Waals surface area contributed by atoms with Gasteiger partial charge in [0.1, 0.15) is 11.6 Å². The number of carbonyl (C=O) groups excluding carboxylic acids is 2. The van der Waals surface area contributed by atoms with Crippen LogP contribution in [0.5, 0.6) is 5.75 Å². The molecule has 3 aromatic carbocycles. The van der Waals surface area contributed by atoms with Crippen LogP contribution in [0.25, 0.3) is 11.1 Å². The lowest BCUT2D eigenvalue weighted by atomic mass is 10.0. The molecule has 2 saturated heterocycles. The molecule has 2 aliphatic heterocycles. The highest BCUT2D eigenvalue weighted by Gasteiger charge is 2.30. The van der Waals surface area contributed by atoms with Gasteiger partial charge in [0.2, 0.25) is 0 Å². The number of aromatic hydroxyl groups is 1. The number of hydrogen-bond acceptors (Lipinski definition) is 4. The summed E-state index contributed by atoms with van der Waals surface area (Å²) in [6.07, 6.45) is 3.18. The summed E-state index contributed by atoms with van der Waals surface area (Å²) >= 11 is 0. The van der Waals surface area contributed by atoms with Crippen molar-refractivity contribution in [3.8, 4) is 16.9 Å². The van der Waals surface area contributed by atoms with Gasteiger partial charge in [-0.25, -0.2) is 4.39 Å². The molecule has 2 heterocycles. The molecule has 0 radical (unpaired) electrons. The predicted molar refractivity (Wildman–Crippen MR) is 148 cm³/mol. The van der Waals surface area contributed by atoms with Crippen LogP contribution in [-0.4, -0.2) is 65.1 Å². The van der Waals surface area contributed by atoms with Gasteiger partial charge in [0.25, 0.3) is 11.8 Å². The van der Waals surface area contributed by atoms with Crippen LogP contribution in [0.15, 0.2) is 60.7 Å². The maximum atomic E-state index is 14.8. The third-order valence-electron chi connectivity index (χ3n) is 7.88. The van der Waals surface area contributed by atoms with E-state index in [4.69, 9.17) is 4.74 Å². The first-order chi connectivity index (χ1) is 18.8. The molecule has 2 fully saturated rings. The van der Waals surface area contributed by atoms with Gasteiger partial charge < -0.3 is 19.6 Å². The molecule has 0 atom stereocenters. The molecule has 5 rings (SSSR count). The Morgan fingerprint density at radius 2 is 1.28 bits per heavy atom. The Hall–Kier alpha value is -3.71. The molecule has 6 nitrogen and oxygen atoms in total. The second-order valence-electron chi connectivity index (χ2n) is 10.6. The molecule has 0 aliphatic carbocycles. The van der Waals surface area contributed by atoms with E-state index in [1.54, 1.807) is 43.0 Å². The Morgan fingerprint density at radius 3 is 1.79 bits per heavy atom. The van der Waals surface area contributed by atoms with E-state index in [0.717, 1.165) is 31.2 Å². The Morgan fingerprint density at radius 1 is 0.769 bits per heavy atom. The Bertz CT molecular complexity index is 1320. The molecule has 7 heteroatoms. The van der Waals surface area contributed by atoms with Gasteiger partial charge in [-0.1, -0.05) is 36.4 Å². The van der Waals surface area contributed by atoms with Crippen LogP contribution in [0.2, 0.25) is 0 Å². The molecule has 0 bridgehead atoms.